The standard InChI is InChI=1S/C16H19N3O/c1-3-7-14(8-4-1)13-20-15-11-17-16(18-12-15)19-9-5-2-6-10-19/h1,3-4,7-8,11-12H,2,5-6,9-10,13H2. The zero-order valence-corrected chi connectivity index (χ0v) is 11.5. The van der Waals surface area contributed by atoms with Crippen LogP contribution in [0.3, 0.4) is 0 Å². The van der Waals surface area contributed by atoms with Crippen molar-refractivity contribution in [3.63, 3.8) is 0 Å². The van der Waals surface area contributed by atoms with Crippen molar-refractivity contribution in [2.24, 2.45) is 0 Å². The summed E-state index contributed by atoms with van der Waals surface area (Å²) in [6, 6.07) is 10.1. The normalized spacial score (nSPS) is 15.1. The fourth-order valence-electron chi connectivity index (χ4n) is 2.38. The molecule has 104 valence electrons. The minimum atomic E-state index is 0.549. The second-order valence-corrected chi connectivity index (χ2v) is 5.04. The lowest BCUT2D eigenvalue weighted by Gasteiger charge is -2.26. The van der Waals surface area contributed by atoms with Crippen LogP contribution in [-0.2, 0) is 6.61 Å². The van der Waals surface area contributed by atoms with Crippen LogP contribution in [0.2, 0.25) is 0 Å². The lowest BCUT2D eigenvalue weighted by molar-refractivity contribution is 0.303. The fourth-order valence-corrected chi connectivity index (χ4v) is 2.38. The van der Waals surface area contributed by atoms with E-state index in [4.69, 9.17) is 4.74 Å². The molecule has 1 saturated heterocycles. The number of hydrogen-bond donors (Lipinski definition) is 0. The highest BCUT2D eigenvalue weighted by Gasteiger charge is 2.13. The molecular formula is C16H19N3O. The molecule has 2 heterocycles. The van der Waals surface area contributed by atoms with Crippen LogP contribution < -0.4 is 9.64 Å². The first-order valence-electron chi connectivity index (χ1n) is 7.15. The summed E-state index contributed by atoms with van der Waals surface area (Å²) in [5.41, 5.74) is 1.15. The molecule has 2 aromatic rings. The summed E-state index contributed by atoms with van der Waals surface area (Å²) >= 11 is 0. The molecule has 0 unspecified atom stereocenters. The molecule has 1 fully saturated rings. The van der Waals surface area contributed by atoms with Gasteiger partial charge in [0, 0.05) is 13.1 Å². The van der Waals surface area contributed by atoms with Crippen molar-refractivity contribution in [1.29, 1.82) is 0 Å². The Balaban J connectivity index is 1.58. The Bertz CT molecular complexity index is 521. The molecule has 0 spiro atoms. The summed E-state index contributed by atoms with van der Waals surface area (Å²) in [6.45, 7) is 2.67. The predicted molar refractivity (Wildman–Crippen MR) is 78.9 cm³/mol. The number of hydrogen-bond acceptors (Lipinski definition) is 4. The highest BCUT2D eigenvalue weighted by Crippen LogP contribution is 2.17. The minimum absolute atomic E-state index is 0.549. The van der Waals surface area contributed by atoms with Crippen LogP contribution >= 0.6 is 0 Å². The first kappa shape index (κ1) is 12.9. The van der Waals surface area contributed by atoms with E-state index in [1.807, 2.05) is 30.3 Å². The Morgan fingerprint density at radius 2 is 1.65 bits per heavy atom. The van der Waals surface area contributed by atoms with Gasteiger partial charge >= 0.3 is 0 Å². The largest absolute Gasteiger partial charge is 0.486 e. The van der Waals surface area contributed by atoms with Crippen LogP contribution in [0, 0.1) is 0 Å². The van der Waals surface area contributed by atoms with Gasteiger partial charge in [-0.2, -0.15) is 0 Å². The number of anilines is 1. The van der Waals surface area contributed by atoms with Crippen molar-refractivity contribution in [2.75, 3.05) is 18.0 Å². The second kappa shape index (κ2) is 6.37. The summed E-state index contributed by atoms with van der Waals surface area (Å²) in [5.74, 6) is 1.53. The summed E-state index contributed by atoms with van der Waals surface area (Å²) in [5, 5.41) is 0. The number of ether oxygens (including phenoxy) is 1. The average molecular weight is 269 g/mol. The van der Waals surface area contributed by atoms with Crippen LogP contribution in [-0.4, -0.2) is 23.1 Å². The summed E-state index contributed by atoms with van der Waals surface area (Å²) in [4.78, 5) is 11.0. The van der Waals surface area contributed by atoms with Crippen molar-refractivity contribution in [1.82, 2.24) is 9.97 Å². The van der Waals surface area contributed by atoms with Crippen molar-refractivity contribution in [3.05, 3.63) is 48.3 Å². The van der Waals surface area contributed by atoms with Gasteiger partial charge in [-0.3, -0.25) is 0 Å². The molecule has 1 aliphatic heterocycles. The van der Waals surface area contributed by atoms with E-state index in [9.17, 15) is 0 Å². The van der Waals surface area contributed by atoms with E-state index >= 15 is 0 Å². The van der Waals surface area contributed by atoms with Crippen molar-refractivity contribution >= 4 is 5.95 Å². The van der Waals surface area contributed by atoms with E-state index in [0.717, 1.165) is 30.4 Å². The molecular weight excluding hydrogens is 250 g/mol. The molecule has 1 aromatic heterocycles. The maximum Gasteiger partial charge on any atom is 0.225 e. The van der Waals surface area contributed by atoms with E-state index in [1.165, 1.54) is 19.3 Å². The number of aromatic nitrogens is 2. The van der Waals surface area contributed by atoms with Gasteiger partial charge in [0.2, 0.25) is 5.95 Å². The minimum Gasteiger partial charge on any atom is -0.486 e. The molecule has 0 bridgehead atoms. The Labute approximate surface area is 119 Å². The first-order chi connectivity index (χ1) is 9.92. The highest BCUT2D eigenvalue weighted by molar-refractivity contribution is 5.31. The fraction of sp³-hybridized carbons (Fsp3) is 0.375. The van der Waals surface area contributed by atoms with Crippen LogP contribution in [0.25, 0.3) is 0 Å². The maximum absolute atomic E-state index is 5.69. The topological polar surface area (TPSA) is 38.2 Å². The third-order valence-corrected chi connectivity index (χ3v) is 3.50. The molecule has 1 aromatic carbocycles. The van der Waals surface area contributed by atoms with Crippen LogP contribution in [0.1, 0.15) is 24.8 Å². The van der Waals surface area contributed by atoms with Gasteiger partial charge in [0.1, 0.15) is 6.61 Å². The van der Waals surface area contributed by atoms with Gasteiger partial charge in [-0.25, -0.2) is 9.97 Å². The predicted octanol–water partition coefficient (Wildman–Crippen LogP) is 3.05. The van der Waals surface area contributed by atoms with Gasteiger partial charge in [0.05, 0.1) is 12.4 Å². The lowest BCUT2D eigenvalue weighted by Crippen LogP contribution is -2.30. The molecule has 0 saturated carbocycles. The molecule has 0 atom stereocenters. The molecule has 4 heteroatoms. The molecule has 0 radical (unpaired) electrons. The zero-order valence-electron chi connectivity index (χ0n) is 11.5. The van der Waals surface area contributed by atoms with E-state index in [2.05, 4.69) is 14.9 Å². The maximum atomic E-state index is 5.69. The van der Waals surface area contributed by atoms with Crippen LogP contribution in [0.15, 0.2) is 42.7 Å². The smallest absolute Gasteiger partial charge is 0.225 e. The Kier molecular flexibility index (Phi) is 4.11. The third-order valence-electron chi connectivity index (χ3n) is 3.50. The number of nitrogens with zero attached hydrogens (tertiary/aromatic N) is 3. The van der Waals surface area contributed by atoms with E-state index in [-0.39, 0.29) is 0 Å². The summed E-state index contributed by atoms with van der Waals surface area (Å²) in [6.07, 6.45) is 7.31. The Hall–Kier alpha value is -2.10. The van der Waals surface area contributed by atoms with Gasteiger partial charge in [-0.15, -0.1) is 0 Å². The van der Waals surface area contributed by atoms with Crippen molar-refractivity contribution in [3.8, 4) is 5.75 Å². The van der Waals surface area contributed by atoms with Crippen LogP contribution in [0.5, 0.6) is 5.75 Å². The van der Waals surface area contributed by atoms with E-state index in [1.54, 1.807) is 12.4 Å². The Morgan fingerprint density at radius 1 is 0.950 bits per heavy atom. The number of rotatable bonds is 4. The quantitative estimate of drug-likeness (QED) is 0.855. The SMILES string of the molecule is c1ccc(COc2cnc(N3CCCCC3)nc2)cc1. The van der Waals surface area contributed by atoms with Gasteiger partial charge in [-0.1, -0.05) is 30.3 Å². The molecule has 20 heavy (non-hydrogen) atoms. The van der Waals surface area contributed by atoms with Crippen molar-refractivity contribution < 1.29 is 4.74 Å². The van der Waals surface area contributed by atoms with Crippen molar-refractivity contribution in [2.45, 2.75) is 25.9 Å². The third kappa shape index (κ3) is 3.26. The van der Waals surface area contributed by atoms with E-state index < -0.39 is 0 Å². The molecule has 3 rings (SSSR count). The first-order valence-corrected chi connectivity index (χ1v) is 7.15. The van der Waals surface area contributed by atoms with Gasteiger partial charge in [0.15, 0.2) is 5.75 Å². The summed E-state index contributed by atoms with van der Waals surface area (Å²) < 4.78 is 5.69. The molecule has 0 amide bonds. The highest BCUT2D eigenvalue weighted by atomic mass is 16.5. The second-order valence-electron chi connectivity index (χ2n) is 5.04. The molecule has 0 aliphatic carbocycles. The number of piperidine rings is 1. The molecule has 1 aliphatic rings. The lowest BCUT2D eigenvalue weighted by atomic mass is 10.1. The van der Waals surface area contributed by atoms with Gasteiger partial charge in [0.25, 0.3) is 0 Å². The van der Waals surface area contributed by atoms with E-state index in [0.29, 0.717) is 6.61 Å². The zero-order chi connectivity index (χ0) is 13.6. The molecule has 4 nitrogen and oxygen atoms in total. The number of benzene rings is 1. The van der Waals surface area contributed by atoms with Crippen LogP contribution in [0.4, 0.5) is 5.95 Å². The van der Waals surface area contributed by atoms with Gasteiger partial charge in [-0.05, 0) is 24.8 Å². The summed E-state index contributed by atoms with van der Waals surface area (Å²) in [7, 11) is 0. The Morgan fingerprint density at radius 3 is 2.35 bits per heavy atom. The molecule has 0 N–H and O–H groups in total. The monoisotopic (exact) mass is 269 g/mol. The average Bonchev–Trinajstić information content (AvgIpc) is 2.55. The van der Waals surface area contributed by atoms with Gasteiger partial charge < -0.3 is 9.64 Å².